The lowest BCUT2D eigenvalue weighted by Gasteiger charge is -2.35. The van der Waals surface area contributed by atoms with Gasteiger partial charge in [0.05, 0.1) is 5.69 Å². The molecule has 0 spiro atoms. The number of hydrogen-bond donors (Lipinski definition) is 0. The third-order valence-electron chi connectivity index (χ3n) is 2.08. The second-order valence-corrected chi connectivity index (χ2v) is 3.07. The molecule has 0 saturated carbocycles. The monoisotopic (exact) mass is 149 g/mol. The molecular weight excluding hydrogens is 138 g/mol. The Morgan fingerprint density at radius 1 is 1.55 bits per heavy atom. The number of hydrogen-bond acceptors (Lipinski definition) is 3. The van der Waals surface area contributed by atoms with Crippen molar-refractivity contribution in [3.8, 4) is 0 Å². The summed E-state index contributed by atoms with van der Waals surface area (Å²) in [5, 5.41) is 7.90. The van der Waals surface area contributed by atoms with Crippen molar-refractivity contribution in [2.75, 3.05) is 20.1 Å². The second-order valence-electron chi connectivity index (χ2n) is 3.07. The summed E-state index contributed by atoms with van der Waals surface area (Å²) < 4.78 is 0. The minimum absolute atomic E-state index is 0.619. The molecule has 58 valence electrons. The van der Waals surface area contributed by atoms with Gasteiger partial charge in [0.15, 0.2) is 0 Å². The number of likely N-dealkylation sites (tertiary alicyclic amines) is 1. The molecule has 1 aliphatic heterocycles. The minimum Gasteiger partial charge on any atom is -0.305 e. The molecule has 1 aromatic rings. The van der Waals surface area contributed by atoms with Crippen LogP contribution in [0.3, 0.4) is 0 Å². The van der Waals surface area contributed by atoms with Crippen LogP contribution in [0.2, 0.25) is 0 Å². The minimum atomic E-state index is 0.619. The van der Waals surface area contributed by atoms with E-state index >= 15 is 0 Å². The quantitative estimate of drug-likeness (QED) is 0.582. The molecule has 1 aromatic heterocycles. The maximum atomic E-state index is 4.06. The first-order chi connectivity index (χ1) is 5.36. The third-order valence-corrected chi connectivity index (χ3v) is 2.08. The summed E-state index contributed by atoms with van der Waals surface area (Å²) in [7, 11) is 2.12. The van der Waals surface area contributed by atoms with E-state index in [9.17, 15) is 0 Å². The number of rotatable bonds is 1. The number of likely N-dealkylation sites (N-methyl/N-ethyl adjacent to an activating group) is 1. The van der Waals surface area contributed by atoms with E-state index in [2.05, 4.69) is 22.1 Å². The zero-order valence-corrected chi connectivity index (χ0v) is 6.57. The standard InChI is InChI=1S/C8H11N3/c1-11-5-7(6-11)8-3-2-4-9-10-8/h2-4,7H,5-6H2,1H3. The van der Waals surface area contributed by atoms with Crippen LogP contribution in [0, 0.1) is 0 Å². The van der Waals surface area contributed by atoms with Crippen molar-refractivity contribution in [2.45, 2.75) is 5.92 Å². The fourth-order valence-corrected chi connectivity index (χ4v) is 1.42. The highest BCUT2D eigenvalue weighted by molar-refractivity contribution is 5.11. The van der Waals surface area contributed by atoms with Crippen LogP contribution >= 0.6 is 0 Å². The zero-order valence-electron chi connectivity index (χ0n) is 6.57. The molecule has 2 heterocycles. The smallest absolute Gasteiger partial charge is 0.0687 e. The van der Waals surface area contributed by atoms with Gasteiger partial charge < -0.3 is 4.90 Å². The van der Waals surface area contributed by atoms with E-state index in [-0.39, 0.29) is 0 Å². The van der Waals surface area contributed by atoms with Gasteiger partial charge in [0.1, 0.15) is 0 Å². The molecule has 1 fully saturated rings. The van der Waals surface area contributed by atoms with Crippen molar-refractivity contribution in [1.82, 2.24) is 15.1 Å². The third kappa shape index (κ3) is 1.24. The maximum absolute atomic E-state index is 4.06. The Hall–Kier alpha value is -0.960. The Kier molecular flexibility index (Phi) is 1.58. The maximum Gasteiger partial charge on any atom is 0.0687 e. The van der Waals surface area contributed by atoms with Crippen molar-refractivity contribution >= 4 is 0 Å². The molecule has 11 heavy (non-hydrogen) atoms. The predicted molar refractivity (Wildman–Crippen MR) is 42.3 cm³/mol. The van der Waals surface area contributed by atoms with E-state index < -0.39 is 0 Å². The van der Waals surface area contributed by atoms with Gasteiger partial charge in [-0.15, -0.1) is 0 Å². The van der Waals surface area contributed by atoms with Crippen LogP contribution in [-0.4, -0.2) is 35.2 Å². The summed E-state index contributed by atoms with van der Waals surface area (Å²) in [5.74, 6) is 0.619. The molecule has 0 radical (unpaired) electrons. The first kappa shape index (κ1) is 6.73. The highest BCUT2D eigenvalue weighted by atomic mass is 15.2. The highest BCUT2D eigenvalue weighted by Crippen LogP contribution is 2.22. The van der Waals surface area contributed by atoms with Crippen molar-refractivity contribution in [3.05, 3.63) is 24.0 Å². The molecule has 1 aliphatic rings. The molecule has 1 saturated heterocycles. The average molecular weight is 149 g/mol. The van der Waals surface area contributed by atoms with Crippen LogP contribution in [0.1, 0.15) is 11.6 Å². The molecule has 0 bridgehead atoms. The van der Waals surface area contributed by atoms with Gasteiger partial charge in [-0.1, -0.05) is 0 Å². The van der Waals surface area contributed by atoms with Crippen molar-refractivity contribution in [3.63, 3.8) is 0 Å². The van der Waals surface area contributed by atoms with Crippen LogP contribution in [-0.2, 0) is 0 Å². The largest absolute Gasteiger partial charge is 0.305 e. The van der Waals surface area contributed by atoms with Crippen LogP contribution in [0.5, 0.6) is 0 Å². The van der Waals surface area contributed by atoms with Gasteiger partial charge >= 0.3 is 0 Å². The van der Waals surface area contributed by atoms with Gasteiger partial charge in [-0.3, -0.25) is 0 Å². The Morgan fingerprint density at radius 2 is 2.36 bits per heavy atom. The van der Waals surface area contributed by atoms with Gasteiger partial charge in [-0.2, -0.15) is 10.2 Å². The summed E-state index contributed by atoms with van der Waals surface area (Å²) in [6.45, 7) is 2.25. The van der Waals surface area contributed by atoms with Gasteiger partial charge in [0.2, 0.25) is 0 Å². The summed E-state index contributed by atoms with van der Waals surface area (Å²) in [6, 6.07) is 3.99. The fraction of sp³-hybridized carbons (Fsp3) is 0.500. The van der Waals surface area contributed by atoms with Crippen LogP contribution in [0.25, 0.3) is 0 Å². The summed E-state index contributed by atoms with van der Waals surface area (Å²) >= 11 is 0. The lowest BCUT2D eigenvalue weighted by molar-refractivity contribution is 0.186. The molecule has 0 amide bonds. The summed E-state index contributed by atoms with van der Waals surface area (Å²) in [5.41, 5.74) is 1.13. The Balaban J connectivity index is 2.08. The Bertz CT molecular complexity index is 228. The molecule has 0 unspecified atom stereocenters. The normalized spacial score (nSPS) is 19.7. The summed E-state index contributed by atoms with van der Waals surface area (Å²) in [4.78, 5) is 2.28. The average Bonchev–Trinajstić information content (AvgIpc) is 2.01. The molecule has 3 nitrogen and oxygen atoms in total. The fourth-order valence-electron chi connectivity index (χ4n) is 1.42. The van der Waals surface area contributed by atoms with Crippen LogP contribution in [0.4, 0.5) is 0 Å². The van der Waals surface area contributed by atoms with E-state index in [1.165, 1.54) is 0 Å². The number of nitrogens with zero attached hydrogens (tertiary/aromatic N) is 3. The van der Waals surface area contributed by atoms with Gasteiger partial charge in [-0.05, 0) is 19.2 Å². The first-order valence-electron chi connectivity index (χ1n) is 3.82. The topological polar surface area (TPSA) is 29.0 Å². The van der Waals surface area contributed by atoms with Gasteiger partial charge in [0.25, 0.3) is 0 Å². The van der Waals surface area contributed by atoms with Crippen LogP contribution in [0.15, 0.2) is 18.3 Å². The molecule has 0 N–H and O–H groups in total. The first-order valence-corrected chi connectivity index (χ1v) is 3.82. The molecule has 0 atom stereocenters. The van der Waals surface area contributed by atoms with Gasteiger partial charge in [0, 0.05) is 25.2 Å². The van der Waals surface area contributed by atoms with E-state index in [0.29, 0.717) is 5.92 Å². The van der Waals surface area contributed by atoms with Gasteiger partial charge in [-0.25, -0.2) is 0 Å². The zero-order chi connectivity index (χ0) is 7.68. The van der Waals surface area contributed by atoms with E-state index in [4.69, 9.17) is 0 Å². The molecule has 3 heteroatoms. The van der Waals surface area contributed by atoms with Crippen molar-refractivity contribution in [2.24, 2.45) is 0 Å². The van der Waals surface area contributed by atoms with Crippen LogP contribution < -0.4 is 0 Å². The SMILES string of the molecule is CN1CC(c2cccnn2)C1. The molecule has 0 aromatic carbocycles. The molecule has 0 aliphatic carbocycles. The van der Waals surface area contributed by atoms with Crippen molar-refractivity contribution < 1.29 is 0 Å². The lowest BCUT2D eigenvalue weighted by Crippen LogP contribution is -2.42. The second kappa shape index (κ2) is 2.58. The molecule has 2 rings (SSSR count). The van der Waals surface area contributed by atoms with Crippen molar-refractivity contribution in [1.29, 1.82) is 0 Å². The predicted octanol–water partition coefficient (Wildman–Crippen LogP) is 0.506. The summed E-state index contributed by atoms with van der Waals surface area (Å²) in [6.07, 6.45) is 1.71. The highest BCUT2D eigenvalue weighted by Gasteiger charge is 2.25. The Morgan fingerprint density at radius 3 is 2.91 bits per heavy atom. The van der Waals surface area contributed by atoms with E-state index in [1.54, 1.807) is 6.20 Å². The molecular formula is C8H11N3. The van der Waals surface area contributed by atoms with E-state index in [1.807, 2.05) is 12.1 Å². The lowest BCUT2D eigenvalue weighted by atomic mass is 9.97. The van der Waals surface area contributed by atoms with E-state index in [0.717, 1.165) is 18.8 Å². The Labute approximate surface area is 66.1 Å². The number of aromatic nitrogens is 2.